The van der Waals surface area contributed by atoms with Gasteiger partial charge in [0.05, 0.1) is 6.04 Å². The van der Waals surface area contributed by atoms with Crippen LogP contribution in [0.25, 0.3) is 0 Å². The number of likely N-dealkylation sites (tertiary alicyclic amines) is 1. The first-order valence-corrected chi connectivity index (χ1v) is 9.39. The Morgan fingerprint density at radius 2 is 1.79 bits per heavy atom. The van der Waals surface area contributed by atoms with Crippen molar-refractivity contribution >= 4 is 30.2 Å². The summed E-state index contributed by atoms with van der Waals surface area (Å²) in [6.45, 7) is 1.72. The molecule has 1 aliphatic rings. The Morgan fingerprint density at radius 3 is 2.46 bits per heavy atom. The number of nitrogens with zero attached hydrogens (tertiary/aromatic N) is 4. The van der Waals surface area contributed by atoms with Crippen LogP contribution in [0.4, 0.5) is 5.95 Å². The third kappa shape index (κ3) is 6.31. The lowest BCUT2D eigenvalue weighted by atomic mass is 10.1. The number of nitrogens with one attached hydrogen (secondary N) is 1. The van der Waals surface area contributed by atoms with Crippen molar-refractivity contribution in [2.75, 3.05) is 18.4 Å². The number of amides is 2. The lowest BCUT2D eigenvalue weighted by molar-refractivity contribution is -0.132. The minimum atomic E-state index is -0.696. The predicted molar refractivity (Wildman–Crippen MR) is 109 cm³/mol. The molecule has 2 aromatic rings. The van der Waals surface area contributed by atoms with Gasteiger partial charge in [-0.05, 0) is 24.8 Å². The van der Waals surface area contributed by atoms with Gasteiger partial charge >= 0.3 is 0 Å². The number of carbonyl (C=O) groups is 2. The molecule has 9 heteroatoms. The van der Waals surface area contributed by atoms with E-state index in [2.05, 4.69) is 15.4 Å². The van der Waals surface area contributed by atoms with E-state index in [4.69, 9.17) is 5.73 Å². The van der Waals surface area contributed by atoms with E-state index in [1.165, 1.54) is 23.9 Å². The number of aromatic nitrogens is 3. The highest BCUT2D eigenvalue weighted by Gasteiger charge is 2.18. The molecule has 0 radical (unpaired) electrons. The summed E-state index contributed by atoms with van der Waals surface area (Å²) in [6, 6.07) is 8.88. The second-order valence-electron chi connectivity index (χ2n) is 6.85. The first-order valence-electron chi connectivity index (χ1n) is 9.39. The monoisotopic (exact) mass is 406 g/mol. The number of benzene rings is 1. The van der Waals surface area contributed by atoms with Gasteiger partial charge in [-0.25, -0.2) is 9.67 Å². The Bertz CT molecular complexity index is 759. The van der Waals surface area contributed by atoms with Crippen LogP contribution in [-0.2, 0) is 22.6 Å². The van der Waals surface area contributed by atoms with Crippen molar-refractivity contribution in [3.63, 3.8) is 0 Å². The SMILES string of the molecule is Cl.N[C@@H](Cc1ccccc1)C(=O)Nc1ncn(CC(=O)N2CCCCCC2)n1. The van der Waals surface area contributed by atoms with Crippen LogP contribution in [0.15, 0.2) is 36.7 Å². The third-order valence-corrected chi connectivity index (χ3v) is 4.66. The molecule has 0 aliphatic carbocycles. The molecule has 3 N–H and O–H groups in total. The summed E-state index contributed by atoms with van der Waals surface area (Å²) in [5.41, 5.74) is 6.95. The normalized spacial score (nSPS) is 15.2. The summed E-state index contributed by atoms with van der Waals surface area (Å²) in [5.74, 6) is -0.164. The number of nitrogens with two attached hydrogens (primary N) is 1. The summed E-state index contributed by atoms with van der Waals surface area (Å²) in [7, 11) is 0. The molecule has 1 aromatic carbocycles. The fraction of sp³-hybridized carbons (Fsp3) is 0.474. The lowest BCUT2D eigenvalue weighted by Gasteiger charge is -2.19. The molecular formula is C19H27ClN6O2. The highest BCUT2D eigenvalue weighted by molar-refractivity contribution is 5.93. The first kappa shape index (κ1) is 21.8. The zero-order valence-corrected chi connectivity index (χ0v) is 16.6. The lowest BCUT2D eigenvalue weighted by Crippen LogP contribution is -2.37. The molecule has 1 fully saturated rings. The van der Waals surface area contributed by atoms with Gasteiger partial charge in [-0.15, -0.1) is 17.5 Å². The molecule has 1 atom stereocenters. The molecule has 1 aromatic heterocycles. The fourth-order valence-electron chi connectivity index (χ4n) is 3.15. The van der Waals surface area contributed by atoms with Crippen molar-refractivity contribution in [1.29, 1.82) is 0 Å². The van der Waals surface area contributed by atoms with Crippen molar-refractivity contribution in [1.82, 2.24) is 19.7 Å². The maximum absolute atomic E-state index is 12.4. The zero-order chi connectivity index (χ0) is 19.1. The molecule has 0 bridgehead atoms. The van der Waals surface area contributed by atoms with Crippen LogP contribution in [0.3, 0.4) is 0 Å². The van der Waals surface area contributed by atoms with Gasteiger partial charge in [0, 0.05) is 13.1 Å². The average Bonchev–Trinajstić information content (AvgIpc) is 2.93. The minimum Gasteiger partial charge on any atom is -0.341 e. The second-order valence-corrected chi connectivity index (χ2v) is 6.85. The number of carbonyl (C=O) groups excluding carboxylic acids is 2. The number of rotatable bonds is 6. The fourth-order valence-corrected chi connectivity index (χ4v) is 3.15. The van der Waals surface area contributed by atoms with Crippen molar-refractivity contribution in [2.45, 2.75) is 44.7 Å². The van der Waals surface area contributed by atoms with E-state index >= 15 is 0 Å². The highest BCUT2D eigenvalue weighted by Crippen LogP contribution is 2.10. The predicted octanol–water partition coefficient (Wildman–Crippen LogP) is 1.61. The van der Waals surface area contributed by atoms with E-state index in [9.17, 15) is 9.59 Å². The van der Waals surface area contributed by atoms with E-state index < -0.39 is 6.04 Å². The molecule has 2 heterocycles. The summed E-state index contributed by atoms with van der Waals surface area (Å²) < 4.78 is 1.45. The Balaban J connectivity index is 0.00000280. The van der Waals surface area contributed by atoms with E-state index in [1.807, 2.05) is 35.2 Å². The van der Waals surface area contributed by atoms with Crippen LogP contribution >= 0.6 is 12.4 Å². The van der Waals surface area contributed by atoms with Crippen LogP contribution in [-0.4, -0.2) is 50.6 Å². The Hall–Kier alpha value is -2.45. The van der Waals surface area contributed by atoms with Gasteiger partial charge in [0.1, 0.15) is 12.9 Å². The quantitative estimate of drug-likeness (QED) is 0.758. The van der Waals surface area contributed by atoms with Crippen LogP contribution < -0.4 is 11.1 Å². The largest absolute Gasteiger partial charge is 0.341 e. The van der Waals surface area contributed by atoms with Crippen LogP contribution in [0.1, 0.15) is 31.2 Å². The van der Waals surface area contributed by atoms with Gasteiger partial charge in [0.15, 0.2) is 0 Å². The van der Waals surface area contributed by atoms with Crippen LogP contribution in [0.5, 0.6) is 0 Å². The van der Waals surface area contributed by atoms with Gasteiger partial charge < -0.3 is 10.6 Å². The van der Waals surface area contributed by atoms with E-state index in [1.54, 1.807) is 0 Å². The molecule has 1 aliphatic heterocycles. The number of anilines is 1. The molecule has 3 rings (SSSR count). The van der Waals surface area contributed by atoms with Crippen molar-refractivity contribution in [3.05, 3.63) is 42.2 Å². The molecule has 0 spiro atoms. The summed E-state index contributed by atoms with van der Waals surface area (Å²) in [5, 5.41) is 6.78. The van der Waals surface area contributed by atoms with Gasteiger partial charge in [0.2, 0.25) is 17.8 Å². The maximum atomic E-state index is 12.4. The Labute approximate surface area is 170 Å². The van der Waals surface area contributed by atoms with Crippen LogP contribution in [0, 0.1) is 0 Å². The van der Waals surface area contributed by atoms with Gasteiger partial charge in [-0.2, -0.15) is 0 Å². The summed E-state index contributed by atoms with van der Waals surface area (Å²) in [6.07, 6.45) is 6.32. The van der Waals surface area contributed by atoms with E-state index in [-0.39, 0.29) is 36.7 Å². The molecule has 152 valence electrons. The average molecular weight is 407 g/mol. The summed E-state index contributed by atoms with van der Waals surface area (Å²) >= 11 is 0. The molecule has 1 saturated heterocycles. The van der Waals surface area contributed by atoms with E-state index in [0.717, 1.165) is 31.5 Å². The minimum absolute atomic E-state index is 0. The topological polar surface area (TPSA) is 106 Å². The van der Waals surface area contributed by atoms with Crippen LogP contribution in [0.2, 0.25) is 0 Å². The van der Waals surface area contributed by atoms with Crippen molar-refractivity contribution < 1.29 is 9.59 Å². The number of halogens is 1. The van der Waals surface area contributed by atoms with Gasteiger partial charge in [0.25, 0.3) is 0 Å². The third-order valence-electron chi connectivity index (χ3n) is 4.66. The number of hydrogen-bond donors (Lipinski definition) is 2. The standard InChI is InChI=1S/C19H26N6O2.ClH/c20-16(12-15-8-4-3-5-9-15)18(27)22-19-21-14-25(23-19)13-17(26)24-10-6-1-2-7-11-24;/h3-5,8-9,14,16H,1-2,6-7,10-13,20H2,(H,22,23,27);1H/t16-;/m0./s1. The second kappa shape index (κ2) is 10.8. The molecule has 8 nitrogen and oxygen atoms in total. The Kier molecular flexibility index (Phi) is 8.41. The molecule has 0 saturated carbocycles. The highest BCUT2D eigenvalue weighted by atomic mass is 35.5. The maximum Gasteiger partial charge on any atom is 0.248 e. The Morgan fingerprint density at radius 1 is 1.11 bits per heavy atom. The number of hydrogen-bond acceptors (Lipinski definition) is 5. The summed E-state index contributed by atoms with van der Waals surface area (Å²) in [4.78, 5) is 30.6. The first-order chi connectivity index (χ1) is 13.1. The van der Waals surface area contributed by atoms with Crippen molar-refractivity contribution in [3.8, 4) is 0 Å². The van der Waals surface area contributed by atoms with Gasteiger partial charge in [-0.3, -0.25) is 14.9 Å². The van der Waals surface area contributed by atoms with Crippen molar-refractivity contribution in [2.24, 2.45) is 5.73 Å². The molecule has 0 unspecified atom stereocenters. The molecule has 2 amide bonds. The smallest absolute Gasteiger partial charge is 0.248 e. The molecular weight excluding hydrogens is 380 g/mol. The van der Waals surface area contributed by atoms with E-state index in [0.29, 0.717) is 6.42 Å². The zero-order valence-electron chi connectivity index (χ0n) is 15.8. The molecule has 28 heavy (non-hydrogen) atoms. The van der Waals surface area contributed by atoms with Gasteiger partial charge in [-0.1, -0.05) is 43.2 Å².